The number of amides is 3. The van der Waals surface area contributed by atoms with Gasteiger partial charge in [0.2, 0.25) is 17.6 Å². The number of hydrogen-bond acceptors (Lipinski definition) is 12. The largest absolute Gasteiger partial charge is 0.460 e. The van der Waals surface area contributed by atoms with E-state index in [2.05, 4.69) is 10.6 Å². The van der Waals surface area contributed by atoms with E-state index in [0.717, 1.165) is 22.3 Å². The molecule has 346 valence electrons. The lowest BCUT2D eigenvalue weighted by molar-refractivity contribution is -0.213. The summed E-state index contributed by atoms with van der Waals surface area (Å²) in [6.45, 7) is 5.03. The van der Waals surface area contributed by atoms with Crippen LogP contribution in [0.5, 0.6) is 0 Å². The molecule has 7 atom stereocenters. The van der Waals surface area contributed by atoms with Gasteiger partial charge in [0.05, 0.1) is 19.2 Å². The molecule has 3 N–H and O–H groups in total. The van der Waals surface area contributed by atoms with Crippen molar-refractivity contribution < 1.29 is 52.9 Å². The highest BCUT2D eigenvalue weighted by molar-refractivity contribution is 5.95. The highest BCUT2D eigenvalue weighted by Crippen LogP contribution is 2.59. The second-order valence-corrected chi connectivity index (χ2v) is 18.4. The Balaban J connectivity index is 1.06. The number of benzene rings is 4. The summed E-state index contributed by atoms with van der Waals surface area (Å²) in [6, 6.07) is 31.3. The molecule has 2 bridgehead atoms. The average molecular weight is 901 g/mol. The van der Waals surface area contributed by atoms with Gasteiger partial charge in [0.25, 0.3) is 5.91 Å². The van der Waals surface area contributed by atoms with Crippen molar-refractivity contribution in [2.75, 3.05) is 20.7 Å². The molecule has 0 spiro atoms. The number of hydrogen-bond donors (Lipinski definition) is 3. The lowest BCUT2D eigenvalue weighted by atomic mass is 9.62. The quantitative estimate of drug-likeness (QED) is 0.110. The highest BCUT2D eigenvalue weighted by Gasteiger charge is 2.76. The predicted molar refractivity (Wildman–Crippen MR) is 240 cm³/mol. The van der Waals surface area contributed by atoms with Crippen molar-refractivity contribution in [3.05, 3.63) is 149 Å². The minimum absolute atomic E-state index is 0.00233. The molecule has 1 saturated carbocycles. The van der Waals surface area contributed by atoms with E-state index in [1.165, 1.54) is 16.0 Å². The molecule has 3 amide bonds. The van der Waals surface area contributed by atoms with Gasteiger partial charge in [-0.15, -0.1) is 0 Å². The third kappa shape index (κ3) is 9.40. The van der Waals surface area contributed by atoms with Gasteiger partial charge in [0.1, 0.15) is 35.4 Å². The molecular weight excluding hydrogens is 845 g/mol. The Kier molecular flexibility index (Phi) is 13.3. The molecule has 3 heterocycles. The maximum absolute atomic E-state index is 15.1. The average Bonchev–Trinajstić information content (AvgIpc) is 3.89. The van der Waals surface area contributed by atoms with Crippen LogP contribution in [-0.2, 0) is 61.8 Å². The molecule has 3 saturated heterocycles. The van der Waals surface area contributed by atoms with E-state index < -0.39 is 77.1 Å². The fraction of sp³-hybridized carbons (Fsp3) is 0.392. The van der Waals surface area contributed by atoms with Gasteiger partial charge in [0, 0.05) is 56.2 Å². The summed E-state index contributed by atoms with van der Waals surface area (Å²) in [5.41, 5.74) is 1.74. The van der Waals surface area contributed by atoms with Gasteiger partial charge in [-0.3, -0.25) is 28.8 Å². The number of aliphatic hydroxyl groups excluding tert-OH is 1. The fourth-order valence-corrected chi connectivity index (χ4v) is 9.25. The van der Waals surface area contributed by atoms with Gasteiger partial charge in [-0.25, -0.2) is 0 Å². The van der Waals surface area contributed by atoms with E-state index in [1.54, 1.807) is 65.2 Å². The Morgan fingerprint density at radius 3 is 2.20 bits per heavy atom. The van der Waals surface area contributed by atoms with Gasteiger partial charge in [0.15, 0.2) is 6.04 Å². The molecule has 3 aliphatic heterocycles. The molecule has 4 aromatic carbocycles. The van der Waals surface area contributed by atoms with Crippen molar-refractivity contribution in [2.45, 2.75) is 101 Å². The fourth-order valence-electron chi connectivity index (χ4n) is 9.25. The van der Waals surface area contributed by atoms with Crippen molar-refractivity contribution in [1.29, 1.82) is 0 Å². The molecule has 15 nitrogen and oxygen atoms in total. The monoisotopic (exact) mass is 900 g/mol. The van der Waals surface area contributed by atoms with E-state index in [1.807, 2.05) is 84.9 Å². The number of rotatable bonds is 15. The minimum atomic E-state index is -1.50. The van der Waals surface area contributed by atoms with Crippen LogP contribution in [0.25, 0.3) is 6.08 Å². The first kappa shape index (κ1) is 46.3. The number of esters is 2. The normalized spacial score (nSPS) is 24.5. The lowest BCUT2D eigenvalue weighted by Gasteiger charge is -2.48. The summed E-state index contributed by atoms with van der Waals surface area (Å²) in [5, 5.41) is 17.4. The van der Waals surface area contributed by atoms with Crippen LogP contribution in [0.4, 0.5) is 0 Å². The van der Waals surface area contributed by atoms with Crippen LogP contribution < -0.4 is 10.6 Å². The Hall–Kier alpha value is -6.23. The zero-order chi connectivity index (χ0) is 46.8. The first-order valence-corrected chi connectivity index (χ1v) is 22.2. The maximum atomic E-state index is 15.1. The number of carbonyl (C=O) groups is 5. The lowest BCUT2D eigenvalue weighted by Crippen LogP contribution is -2.69. The first-order valence-electron chi connectivity index (χ1n) is 22.2. The summed E-state index contributed by atoms with van der Waals surface area (Å²) in [5.74, 6) is -3.56. The Morgan fingerprint density at radius 1 is 0.894 bits per heavy atom. The van der Waals surface area contributed by atoms with E-state index >= 15 is 4.79 Å². The maximum Gasteiger partial charge on any atom is 0.327 e. The number of hydroxylamine groups is 2. The second-order valence-electron chi connectivity index (χ2n) is 18.4. The number of aliphatic hydroxyl groups is 1. The van der Waals surface area contributed by atoms with Gasteiger partial charge in [-0.2, -0.15) is 5.06 Å². The number of likely N-dealkylation sites (N-methyl/N-ethyl adjacent to an activating group) is 1. The van der Waals surface area contributed by atoms with Crippen molar-refractivity contribution >= 4 is 35.7 Å². The molecule has 0 aromatic heterocycles. The van der Waals surface area contributed by atoms with Crippen molar-refractivity contribution in [3.63, 3.8) is 0 Å². The van der Waals surface area contributed by atoms with E-state index in [9.17, 15) is 24.3 Å². The van der Waals surface area contributed by atoms with Crippen LogP contribution in [-0.4, -0.2) is 108 Å². The van der Waals surface area contributed by atoms with Gasteiger partial charge in [-0.1, -0.05) is 97.1 Å². The Bertz CT molecular complexity index is 2420. The standard InChI is InChI=1S/C51H56N4O11/c1-49(2,3)63-41(58)26-24-38(31-56)53-46(59)35-14-12-13-34(27-35)29-52-48(61)50-28-39-42-43(65-51(64-42,36-15-8-6-9-16-36)37-17-10-7-11-18-37)45(50)66-55(44(50)47(60)62-39)30-33-21-19-32(20-22-33)23-25-40(57)54(4)5/h6-23,25,27,38-39,42-45,56H,24,26,28-31H2,1-5H3,(H,52,61)(H,53,59). The van der Waals surface area contributed by atoms with E-state index in [4.69, 9.17) is 23.8 Å². The van der Waals surface area contributed by atoms with Crippen LogP contribution in [0.2, 0.25) is 0 Å². The third-order valence-corrected chi connectivity index (χ3v) is 12.4. The molecule has 4 aromatic rings. The van der Waals surface area contributed by atoms with Crippen molar-refractivity contribution in [2.24, 2.45) is 5.41 Å². The van der Waals surface area contributed by atoms with Crippen molar-refractivity contribution in [1.82, 2.24) is 20.6 Å². The zero-order valence-electron chi connectivity index (χ0n) is 37.7. The first-order chi connectivity index (χ1) is 31.6. The number of nitrogens with one attached hydrogen (secondary N) is 2. The van der Waals surface area contributed by atoms with Crippen LogP contribution in [0.3, 0.4) is 0 Å². The van der Waals surface area contributed by atoms with Crippen LogP contribution >= 0.6 is 0 Å². The van der Waals surface area contributed by atoms with E-state index in [-0.39, 0.29) is 50.4 Å². The Morgan fingerprint density at radius 2 is 1.56 bits per heavy atom. The van der Waals surface area contributed by atoms with Gasteiger partial charge >= 0.3 is 11.9 Å². The second kappa shape index (κ2) is 18.9. The third-order valence-electron chi connectivity index (χ3n) is 12.4. The zero-order valence-corrected chi connectivity index (χ0v) is 37.7. The number of ether oxygens (including phenoxy) is 4. The topological polar surface area (TPSA) is 182 Å². The Labute approximate surface area is 383 Å². The van der Waals surface area contributed by atoms with Crippen LogP contribution in [0.1, 0.15) is 78.2 Å². The molecule has 0 radical (unpaired) electrons. The van der Waals surface area contributed by atoms with Crippen LogP contribution in [0, 0.1) is 5.41 Å². The highest BCUT2D eigenvalue weighted by atomic mass is 16.8. The summed E-state index contributed by atoms with van der Waals surface area (Å²) < 4.78 is 25.7. The summed E-state index contributed by atoms with van der Waals surface area (Å²) in [6.07, 6.45) is -0.0733. The minimum Gasteiger partial charge on any atom is -0.460 e. The smallest absolute Gasteiger partial charge is 0.327 e. The number of nitrogens with zero attached hydrogens (tertiary/aromatic N) is 2. The summed E-state index contributed by atoms with van der Waals surface area (Å²) in [7, 11) is 3.36. The molecule has 15 heteroatoms. The van der Waals surface area contributed by atoms with Gasteiger partial charge < -0.3 is 39.6 Å². The molecule has 66 heavy (non-hydrogen) atoms. The summed E-state index contributed by atoms with van der Waals surface area (Å²) >= 11 is 0. The molecular formula is C51H56N4O11. The number of fused-ring (bicyclic) bond motifs is 4. The SMILES string of the molecule is CN(C)C(=O)C=Cc1ccc(CN2OC3C4OC(c5ccccc5)(c5ccccc5)OC4C4CC3(C(=O)NCc3cccc(C(=O)NC(CO)CCC(=O)OC(C)(C)C)c3)C2C(=O)O4)cc1. The van der Waals surface area contributed by atoms with Crippen molar-refractivity contribution in [3.8, 4) is 0 Å². The summed E-state index contributed by atoms with van der Waals surface area (Å²) in [4.78, 5) is 75.7. The molecule has 4 fully saturated rings. The molecule has 8 rings (SSSR count). The molecule has 7 unspecified atom stereocenters. The van der Waals surface area contributed by atoms with Gasteiger partial charge in [-0.05, 0) is 62.1 Å². The molecule has 4 aliphatic rings. The van der Waals surface area contributed by atoms with E-state index in [0.29, 0.717) is 5.56 Å². The van der Waals surface area contributed by atoms with Crippen LogP contribution in [0.15, 0.2) is 115 Å². The predicted octanol–water partition coefficient (Wildman–Crippen LogP) is 4.80. The molecule has 1 aliphatic carbocycles. The number of carbonyl (C=O) groups excluding carboxylic acids is 5.